The molecule has 0 N–H and O–H groups in total. The van der Waals surface area contributed by atoms with Crippen molar-refractivity contribution < 1.29 is 4.79 Å². The number of ketones is 1. The fourth-order valence-electron chi connectivity index (χ4n) is 1.64. The number of allylic oxidation sites excluding steroid dienone is 4. The predicted octanol–water partition coefficient (Wildman–Crippen LogP) is 4.05. The van der Waals surface area contributed by atoms with Gasteiger partial charge in [-0.3, -0.25) is 4.79 Å². The second-order valence-electron chi connectivity index (χ2n) is 2.85. The summed E-state index contributed by atoms with van der Waals surface area (Å²) < 4.78 is 0. The molecule has 0 bridgehead atoms. The van der Waals surface area contributed by atoms with Crippen LogP contribution in [0.1, 0.15) is 53.4 Å². The molecule has 0 aliphatic heterocycles. The van der Waals surface area contributed by atoms with Crippen molar-refractivity contribution in [1.82, 2.24) is 0 Å². The van der Waals surface area contributed by atoms with E-state index >= 15 is 0 Å². The highest BCUT2D eigenvalue weighted by Crippen LogP contribution is 2.30. The fraction of sp³-hybridized carbons (Fsp3) is 0.615. The van der Waals surface area contributed by atoms with E-state index in [9.17, 15) is 4.79 Å². The molecule has 0 amide bonds. The highest BCUT2D eigenvalue weighted by Gasteiger charge is 2.22. The Morgan fingerprint density at radius 2 is 1.50 bits per heavy atom. The van der Waals surface area contributed by atoms with Gasteiger partial charge in [-0.05, 0) is 24.8 Å². The molecule has 0 saturated heterocycles. The Hall–Kier alpha value is -0.850. The van der Waals surface area contributed by atoms with Crippen LogP contribution in [0, 0.1) is 0 Å². The van der Waals surface area contributed by atoms with Gasteiger partial charge in [0.2, 0.25) is 0 Å². The first kappa shape index (κ1) is 13.2. The lowest BCUT2D eigenvalue weighted by Crippen LogP contribution is -1.95. The molecule has 0 radical (unpaired) electrons. The first-order valence-corrected chi connectivity index (χ1v) is 5.81. The van der Waals surface area contributed by atoms with Gasteiger partial charge in [-0.2, -0.15) is 0 Å². The normalized spacial score (nSPS) is 17.9. The lowest BCUT2D eigenvalue weighted by atomic mass is 10.0. The second kappa shape index (κ2) is 7.54. The molecular formula is C13H22O. The molecule has 0 aromatic heterocycles. The molecule has 0 spiro atoms. The summed E-state index contributed by atoms with van der Waals surface area (Å²) in [6, 6.07) is 0. The highest BCUT2D eigenvalue weighted by atomic mass is 16.1. The number of hydrogen-bond acceptors (Lipinski definition) is 1. The number of rotatable bonds is 0. The van der Waals surface area contributed by atoms with Crippen LogP contribution in [0.15, 0.2) is 23.3 Å². The summed E-state index contributed by atoms with van der Waals surface area (Å²) in [7, 11) is 0. The molecule has 14 heavy (non-hydrogen) atoms. The minimum Gasteiger partial charge on any atom is -0.294 e. The molecule has 0 aromatic carbocycles. The zero-order valence-corrected chi connectivity index (χ0v) is 9.89. The summed E-state index contributed by atoms with van der Waals surface area (Å²) in [5, 5.41) is 0. The topological polar surface area (TPSA) is 17.1 Å². The zero-order chi connectivity index (χ0) is 11.0. The summed E-state index contributed by atoms with van der Waals surface area (Å²) in [6.45, 7) is 8.00. The van der Waals surface area contributed by atoms with Crippen molar-refractivity contribution in [2.45, 2.75) is 53.4 Å². The quantitative estimate of drug-likeness (QED) is 0.568. The van der Waals surface area contributed by atoms with Gasteiger partial charge in [0.25, 0.3) is 0 Å². The lowest BCUT2D eigenvalue weighted by Gasteiger charge is -2.04. The van der Waals surface area contributed by atoms with E-state index in [2.05, 4.69) is 12.2 Å². The summed E-state index contributed by atoms with van der Waals surface area (Å²) in [6.07, 6.45) is 8.23. The minimum atomic E-state index is 0.353. The van der Waals surface area contributed by atoms with Crippen LogP contribution in [0.4, 0.5) is 0 Å². The third-order valence-corrected chi connectivity index (χ3v) is 2.17. The smallest absolute Gasteiger partial charge is 0.163 e. The first-order chi connectivity index (χ1) is 6.88. The SMILES string of the molecule is CC.CC.O=C1CCC2=CCCC=C12. The average Bonchev–Trinajstić information content (AvgIpc) is 2.67. The van der Waals surface area contributed by atoms with E-state index in [0.717, 1.165) is 31.3 Å². The van der Waals surface area contributed by atoms with Crippen molar-refractivity contribution in [2.75, 3.05) is 0 Å². The maximum absolute atomic E-state index is 11.1. The highest BCUT2D eigenvalue weighted by molar-refractivity contribution is 6.02. The van der Waals surface area contributed by atoms with Gasteiger partial charge in [-0.25, -0.2) is 0 Å². The van der Waals surface area contributed by atoms with Gasteiger partial charge in [0.05, 0.1) is 0 Å². The van der Waals surface area contributed by atoms with Crippen LogP contribution in [-0.4, -0.2) is 5.78 Å². The van der Waals surface area contributed by atoms with Gasteiger partial charge in [0, 0.05) is 12.0 Å². The molecule has 1 saturated carbocycles. The molecule has 2 rings (SSSR count). The molecule has 0 unspecified atom stereocenters. The first-order valence-electron chi connectivity index (χ1n) is 5.81. The van der Waals surface area contributed by atoms with Crippen LogP contribution in [0.25, 0.3) is 0 Å². The van der Waals surface area contributed by atoms with E-state index in [4.69, 9.17) is 0 Å². The average molecular weight is 194 g/mol. The molecule has 1 heteroatoms. The standard InChI is InChI=1S/C9H10O.2C2H6/c10-9-6-5-7-3-1-2-4-8(7)9;2*1-2/h3-4H,1-2,5-6H2;2*1-2H3. The lowest BCUT2D eigenvalue weighted by molar-refractivity contribution is -0.114. The Kier molecular flexibility index (Phi) is 7.09. The summed E-state index contributed by atoms with van der Waals surface area (Å²) >= 11 is 0. The van der Waals surface area contributed by atoms with E-state index in [1.54, 1.807) is 0 Å². The molecule has 2 aliphatic rings. The van der Waals surface area contributed by atoms with Crippen molar-refractivity contribution in [1.29, 1.82) is 0 Å². The minimum absolute atomic E-state index is 0.353. The van der Waals surface area contributed by atoms with Crippen LogP contribution in [0.3, 0.4) is 0 Å². The molecule has 0 atom stereocenters. The van der Waals surface area contributed by atoms with Crippen molar-refractivity contribution in [2.24, 2.45) is 0 Å². The van der Waals surface area contributed by atoms with E-state index in [0.29, 0.717) is 5.78 Å². The Balaban J connectivity index is 0.000000379. The van der Waals surface area contributed by atoms with E-state index in [-0.39, 0.29) is 0 Å². The van der Waals surface area contributed by atoms with Gasteiger partial charge in [0.1, 0.15) is 0 Å². The third-order valence-electron chi connectivity index (χ3n) is 2.17. The largest absolute Gasteiger partial charge is 0.294 e. The molecular weight excluding hydrogens is 172 g/mol. The maximum Gasteiger partial charge on any atom is 0.163 e. The van der Waals surface area contributed by atoms with Crippen LogP contribution in [0.5, 0.6) is 0 Å². The number of fused-ring (bicyclic) bond motifs is 1. The summed E-state index contributed by atoms with van der Waals surface area (Å²) in [5.41, 5.74) is 2.32. The van der Waals surface area contributed by atoms with Crippen LogP contribution in [0.2, 0.25) is 0 Å². The number of Topliss-reactive ketones (excluding diaryl/α,β-unsaturated/α-hetero) is 1. The second-order valence-corrected chi connectivity index (χ2v) is 2.85. The van der Waals surface area contributed by atoms with Gasteiger partial charge in [-0.1, -0.05) is 39.8 Å². The predicted molar refractivity (Wildman–Crippen MR) is 62.3 cm³/mol. The fourth-order valence-corrected chi connectivity index (χ4v) is 1.64. The number of hydrogen-bond donors (Lipinski definition) is 0. The zero-order valence-electron chi connectivity index (χ0n) is 9.89. The number of carbonyl (C=O) groups is 1. The summed E-state index contributed by atoms with van der Waals surface area (Å²) in [5.74, 6) is 0.353. The molecule has 1 fully saturated rings. The Morgan fingerprint density at radius 1 is 0.929 bits per heavy atom. The van der Waals surface area contributed by atoms with E-state index in [1.165, 1.54) is 5.57 Å². The van der Waals surface area contributed by atoms with Gasteiger partial charge in [0.15, 0.2) is 5.78 Å². The van der Waals surface area contributed by atoms with E-state index in [1.807, 2.05) is 27.7 Å². The Labute approximate surface area is 87.9 Å². The maximum atomic E-state index is 11.1. The summed E-state index contributed by atoms with van der Waals surface area (Å²) in [4.78, 5) is 11.1. The van der Waals surface area contributed by atoms with Gasteiger partial charge < -0.3 is 0 Å². The molecule has 0 heterocycles. The van der Waals surface area contributed by atoms with E-state index < -0.39 is 0 Å². The molecule has 0 aromatic rings. The van der Waals surface area contributed by atoms with Crippen molar-refractivity contribution in [3.63, 3.8) is 0 Å². The Morgan fingerprint density at radius 3 is 2.07 bits per heavy atom. The van der Waals surface area contributed by atoms with Crippen LogP contribution in [-0.2, 0) is 4.79 Å². The molecule has 80 valence electrons. The molecule has 2 aliphatic carbocycles. The van der Waals surface area contributed by atoms with Gasteiger partial charge in [-0.15, -0.1) is 0 Å². The Bertz CT molecular complexity index is 234. The van der Waals surface area contributed by atoms with Gasteiger partial charge >= 0.3 is 0 Å². The third kappa shape index (κ3) is 3.13. The number of carbonyl (C=O) groups excluding carboxylic acids is 1. The van der Waals surface area contributed by atoms with Crippen molar-refractivity contribution >= 4 is 5.78 Å². The van der Waals surface area contributed by atoms with Crippen LogP contribution < -0.4 is 0 Å². The van der Waals surface area contributed by atoms with Crippen molar-refractivity contribution in [3.8, 4) is 0 Å². The van der Waals surface area contributed by atoms with Crippen LogP contribution >= 0.6 is 0 Å². The van der Waals surface area contributed by atoms with Crippen molar-refractivity contribution in [3.05, 3.63) is 23.3 Å². The monoisotopic (exact) mass is 194 g/mol. The molecule has 1 nitrogen and oxygen atoms in total.